The highest BCUT2D eigenvalue weighted by molar-refractivity contribution is 6.18. The van der Waals surface area contributed by atoms with Gasteiger partial charge in [-0.3, -0.25) is 4.98 Å². The van der Waals surface area contributed by atoms with Gasteiger partial charge in [0.15, 0.2) is 0 Å². The first kappa shape index (κ1) is 9.53. The summed E-state index contributed by atoms with van der Waals surface area (Å²) in [6.07, 6.45) is 7.38. The summed E-state index contributed by atoms with van der Waals surface area (Å²) in [6.45, 7) is 0. The molecule has 4 rings (SSSR count). The van der Waals surface area contributed by atoms with Gasteiger partial charge in [-0.25, -0.2) is 9.97 Å². The van der Waals surface area contributed by atoms with E-state index in [0.717, 1.165) is 32.8 Å². The molecule has 4 heterocycles. The highest BCUT2D eigenvalue weighted by Crippen LogP contribution is 2.30. The minimum atomic E-state index is 0.948. The first-order chi connectivity index (χ1) is 8.86. The molecule has 0 saturated carbocycles. The van der Waals surface area contributed by atoms with E-state index in [9.17, 15) is 0 Å². The highest BCUT2D eigenvalue weighted by Gasteiger charge is 2.12. The van der Waals surface area contributed by atoms with Gasteiger partial charge >= 0.3 is 0 Å². The van der Waals surface area contributed by atoms with E-state index in [1.165, 1.54) is 0 Å². The second-order valence-electron chi connectivity index (χ2n) is 4.35. The molecule has 0 unspecified atom stereocenters. The summed E-state index contributed by atoms with van der Waals surface area (Å²) in [5, 5.41) is 4.49. The Morgan fingerprint density at radius 3 is 2.83 bits per heavy atom. The van der Waals surface area contributed by atoms with Crippen LogP contribution < -0.4 is 0 Å². The topological polar surface area (TPSA) is 43.6 Å². The third kappa shape index (κ3) is 1.07. The molecule has 0 spiro atoms. The fraction of sp³-hybridized carbons (Fsp3) is 0.0714. The number of hydrogen-bond acceptors (Lipinski definition) is 3. The molecule has 0 fully saturated rings. The molecule has 0 aliphatic heterocycles. The predicted molar refractivity (Wildman–Crippen MR) is 71.3 cm³/mol. The van der Waals surface area contributed by atoms with Gasteiger partial charge < -0.3 is 4.57 Å². The molecule has 0 bridgehead atoms. The van der Waals surface area contributed by atoms with Crippen LogP contribution in [0.15, 0.2) is 43.0 Å². The van der Waals surface area contributed by atoms with Crippen LogP contribution in [0.1, 0.15) is 0 Å². The summed E-state index contributed by atoms with van der Waals surface area (Å²) in [5.74, 6) is 0. The maximum absolute atomic E-state index is 4.54. The second-order valence-corrected chi connectivity index (χ2v) is 4.35. The molecule has 86 valence electrons. The molecule has 0 N–H and O–H groups in total. The van der Waals surface area contributed by atoms with Crippen molar-refractivity contribution in [2.45, 2.75) is 0 Å². The molecule has 18 heavy (non-hydrogen) atoms. The number of aromatic nitrogens is 4. The molecule has 4 nitrogen and oxygen atoms in total. The van der Waals surface area contributed by atoms with E-state index in [0.29, 0.717) is 0 Å². The van der Waals surface area contributed by atoms with Crippen molar-refractivity contribution in [2.24, 2.45) is 7.05 Å². The van der Waals surface area contributed by atoms with Crippen LogP contribution in [0.2, 0.25) is 0 Å². The molecule has 0 saturated heterocycles. The maximum Gasteiger partial charge on any atom is 0.142 e. The molecule has 0 atom stereocenters. The van der Waals surface area contributed by atoms with Gasteiger partial charge in [-0.15, -0.1) is 0 Å². The van der Waals surface area contributed by atoms with Crippen LogP contribution in [-0.4, -0.2) is 19.5 Å². The number of fused-ring (bicyclic) bond motifs is 5. The second kappa shape index (κ2) is 3.26. The predicted octanol–water partition coefficient (Wildman–Crippen LogP) is 2.67. The van der Waals surface area contributed by atoms with E-state index in [1.807, 2.05) is 42.3 Å². The average molecular weight is 234 g/mol. The van der Waals surface area contributed by atoms with E-state index < -0.39 is 0 Å². The number of nitrogens with zero attached hydrogens (tertiary/aromatic N) is 4. The lowest BCUT2D eigenvalue weighted by atomic mass is 10.1. The van der Waals surface area contributed by atoms with Gasteiger partial charge in [-0.2, -0.15) is 0 Å². The van der Waals surface area contributed by atoms with Crippen LogP contribution in [0.4, 0.5) is 0 Å². The molecular formula is C14H10N4. The van der Waals surface area contributed by atoms with E-state index >= 15 is 0 Å². The van der Waals surface area contributed by atoms with Gasteiger partial charge in [0.25, 0.3) is 0 Å². The van der Waals surface area contributed by atoms with Gasteiger partial charge in [-0.1, -0.05) is 0 Å². The molecule has 4 heteroatoms. The molecule has 4 aromatic heterocycles. The minimum Gasteiger partial charge on any atom is -0.313 e. The van der Waals surface area contributed by atoms with Gasteiger partial charge in [0.2, 0.25) is 0 Å². The quantitative estimate of drug-likeness (QED) is 0.470. The Morgan fingerprint density at radius 2 is 1.89 bits per heavy atom. The summed E-state index contributed by atoms with van der Waals surface area (Å²) in [5.41, 5.74) is 1.90. The van der Waals surface area contributed by atoms with Gasteiger partial charge in [0.05, 0.1) is 0 Å². The van der Waals surface area contributed by atoms with Crippen LogP contribution in [0.25, 0.3) is 32.8 Å². The van der Waals surface area contributed by atoms with E-state index in [1.54, 1.807) is 6.20 Å². The Bertz CT molecular complexity index is 892. The van der Waals surface area contributed by atoms with Crippen LogP contribution in [-0.2, 0) is 7.05 Å². The fourth-order valence-electron chi connectivity index (χ4n) is 2.52. The zero-order chi connectivity index (χ0) is 12.1. The van der Waals surface area contributed by atoms with Gasteiger partial charge in [-0.05, 0) is 18.2 Å². The van der Waals surface area contributed by atoms with Crippen LogP contribution >= 0.6 is 0 Å². The Morgan fingerprint density at radius 1 is 0.944 bits per heavy atom. The fourth-order valence-corrected chi connectivity index (χ4v) is 2.52. The summed E-state index contributed by atoms with van der Waals surface area (Å²) >= 11 is 0. The monoisotopic (exact) mass is 234 g/mol. The van der Waals surface area contributed by atoms with Crippen molar-refractivity contribution in [3.8, 4) is 0 Å². The third-order valence-corrected chi connectivity index (χ3v) is 3.37. The summed E-state index contributed by atoms with van der Waals surface area (Å²) < 4.78 is 2.02. The molecule has 0 aliphatic rings. The van der Waals surface area contributed by atoms with Crippen LogP contribution in [0, 0.1) is 0 Å². The Labute approximate surface area is 103 Å². The first-order valence-corrected chi connectivity index (χ1v) is 5.78. The van der Waals surface area contributed by atoms with Gasteiger partial charge in [0.1, 0.15) is 11.3 Å². The lowest BCUT2D eigenvalue weighted by Crippen LogP contribution is -1.90. The summed E-state index contributed by atoms with van der Waals surface area (Å²) in [6, 6.07) is 6.02. The largest absolute Gasteiger partial charge is 0.313 e. The van der Waals surface area contributed by atoms with E-state index in [4.69, 9.17) is 0 Å². The minimum absolute atomic E-state index is 0.948. The molecular weight excluding hydrogens is 224 g/mol. The zero-order valence-electron chi connectivity index (χ0n) is 9.83. The number of pyridine rings is 3. The Balaban J connectivity index is 2.41. The standard InChI is InChI=1S/C14H10N4/c1-18-13-10(3-2-5-16-13)12-11-8-15-6-4-9(11)7-17-14(12)18/h2-8H,1H3. The van der Waals surface area contributed by atoms with Crippen molar-refractivity contribution in [3.05, 3.63) is 43.0 Å². The summed E-state index contributed by atoms with van der Waals surface area (Å²) in [4.78, 5) is 13.2. The number of rotatable bonds is 0. The van der Waals surface area contributed by atoms with Crippen molar-refractivity contribution >= 4 is 32.8 Å². The normalized spacial score (nSPS) is 11.6. The van der Waals surface area contributed by atoms with E-state index in [2.05, 4.69) is 21.0 Å². The average Bonchev–Trinajstić information content (AvgIpc) is 2.73. The molecule has 0 radical (unpaired) electrons. The first-order valence-electron chi connectivity index (χ1n) is 5.78. The smallest absolute Gasteiger partial charge is 0.142 e. The highest BCUT2D eigenvalue weighted by atomic mass is 15.1. The maximum atomic E-state index is 4.54. The summed E-state index contributed by atoms with van der Waals surface area (Å²) in [7, 11) is 1.99. The number of hydrogen-bond donors (Lipinski definition) is 0. The molecule has 4 aromatic rings. The lowest BCUT2D eigenvalue weighted by molar-refractivity contribution is 0.969. The Kier molecular flexibility index (Phi) is 1.73. The van der Waals surface area contributed by atoms with Crippen LogP contribution in [0.3, 0.4) is 0 Å². The zero-order valence-corrected chi connectivity index (χ0v) is 9.83. The third-order valence-electron chi connectivity index (χ3n) is 3.37. The van der Waals surface area contributed by atoms with E-state index in [-0.39, 0.29) is 0 Å². The van der Waals surface area contributed by atoms with Crippen LogP contribution in [0.5, 0.6) is 0 Å². The van der Waals surface area contributed by atoms with Gasteiger partial charge in [0, 0.05) is 53.4 Å². The SMILES string of the molecule is Cn1c2ncccc2c2c3cnccc3cnc21. The molecule has 0 aromatic carbocycles. The molecule has 0 aliphatic carbocycles. The van der Waals surface area contributed by atoms with Crippen molar-refractivity contribution < 1.29 is 0 Å². The van der Waals surface area contributed by atoms with Crippen molar-refractivity contribution in [1.82, 2.24) is 19.5 Å². The number of aryl methyl sites for hydroxylation is 1. The lowest BCUT2D eigenvalue weighted by Gasteiger charge is -1.99. The van der Waals surface area contributed by atoms with Crippen molar-refractivity contribution in [2.75, 3.05) is 0 Å². The molecule has 0 amide bonds. The van der Waals surface area contributed by atoms with Crippen molar-refractivity contribution in [1.29, 1.82) is 0 Å². The Hall–Kier alpha value is -2.49. The van der Waals surface area contributed by atoms with Crippen molar-refractivity contribution in [3.63, 3.8) is 0 Å².